The summed E-state index contributed by atoms with van der Waals surface area (Å²) in [6, 6.07) is 0. The Morgan fingerprint density at radius 2 is 2.14 bits per heavy atom. The topological polar surface area (TPSA) is 41.1 Å². The van der Waals surface area contributed by atoms with Crippen LogP contribution in [0, 0.1) is 5.92 Å². The SMILES string of the molecule is O=C(CSC(F)(F)F)NCC1CNC1. The van der Waals surface area contributed by atoms with E-state index in [1.165, 1.54) is 0 Å². The Balaban J connectivity index is 2.03. The number of thioether (sulfide) groups is 1. The Bertz CT molecular complexity index is 206. The van der Waals surface area contributed by atoms with E-state index < -0.39 is 17.2 Å². The van der Waals surface area contributed by atoms with Gasteiger partial charge < -0.3 is 10.6 Å². The lowest BCUT2D eigenvalue weighted by Gasteiger charge is -2.27. The number of amides is 1. The molecule has 0 atom stereocenters. The first kappa shape index (κ1) is 11.6. The van der Waals surface area contributed by atoms with Crippen molar-refractivity contribution in [3.63, 3.8) is 0 Å². The van der Waals surface area contributed by atoms with Crippen molar-refractivity contribution in [1.82, 2.24) is 10.6 Å². The zero-order valence-electron chi connectivity index (χ0n) is 7.36. The zero-order chi connectivity index (χ0) is 10.6. The average molecular weight is 228 g/mol. The second-order valence-electron chi connectivity index (χ2n) is 3.06. The van der Waals surface area contributed by atoms with E-state index in [9.17, 15) is 18.0 Å². The van der Waals surface area contributed by atoms with Crippen molar-refractivity contribution in [1.29, 1.82) is 0 Å². The van der Waals surface area contributed by atoms with E-state index in [1.807, 2.05) is 0 Å². The molecule has 1 aliphatic heterocycles. The first-order valence-electron chi connectivity index (χ1n) is 4.15. The maximum atomic E-state index is 11.7. The van der Waals surface area contributed by atoms with Gasteiger partial charge in [0.05, 0.1) is 5.75 Å². The molecule has 0 unspecified atom stereocenters. The molecule has 0 aliphatic carbocycles. The third-order valence-electron chi connectivity index (χ3n) is 1.82. The second kappa shape index (κ2) is 4.88. The molecule has 3 nitrogen and oxygen atoms in total. The summed E-state index contributed by atoms with van der Waals surface area (Å²) in [5.74, 6) is -0.738. The summed E-state index contributed by atoms with van der Waals surface area (Å²) in [4.78, 5) is 10.9. The van der Waals surface area contributed by atoms with Crippen LogP contribution in [0.25, 0.3) is 0 Å². The summed E-state index contributed by atoms with van der Waals surface area (Å²) in [5, 5.41) is 5.46. The van der Waals surface area contributed by atoms with Crippen LogP contribution in [0.1, 0.15) is 0 Å². The fourth-order valence-electron chi connectivity index (χ4n) is 0.949. The number of alkyl halides is 3. The van der Waals surface area contributed by atoms with Gasteiger partial charge in [-0.25, -0.2) is 0 Å². The molecular formula is C7H11F3N2OS. The standard InChI is InChI=1S/C7H11F3N2OS/c8-7(9,10)14-4-6(13)12-3-5-1-11-2-5/h5,11H,1-4H2,(H,12,13). The second-order valence-corrected chi connectivity index (χ2v) is 4.10. The van der Waals surface area contributed by atoms with Crippen LogP contribution in [-0.2, 0) is 4.79 Å². The molecule has 2 N–H and O–H groups in total. The molecule has 7 heteroatoms. The van der Waals surface area contributed by atoms with Gasteiger partial charge in [-0.2, -0.15) is 13.2 Å². The Morgan fingerprint density at radius 1 is 1.50 bits per heavy atom. The molecule has 0 radical (unpaired) electrons. The molecule has 1 fully saturated rings. The van der Waals surface area contributed by atoms with Crippen LogP contribution < -0.4 is 10.6 Å². The fraction of sp³-hybridized carbons (Fsp3) is 0.857. The van der Waals surface area contributed by atoms with Crippen molar-refractivity contribution in [2.24, 2.45) is 5.92 Å². The van der Waals surface area contributed by atoms with Gasteiger partial charge >= 0.3 is 5.51 Å². The Morgan fingerprint density at radius 3 is 2.57 bits per heavy atom. The maximum absolute atomic E-state index is 11.7. The highest BCUT2D eigenvalue weighted by atomic mass is 32.2. The molecule has 14 heavy (non-hydrogen) atoms. The Labute approximate surface area is 83.8 Å². The number of nitrogens with one attached hydrogen (secondary N) is 2. The third-order valence-corrected chi connectivity index (χ3v) is 2.55. The lowest BCUT2D eigenvalue weighted by atomic mass is 10.0. The minimum absolute atomic E-state index is 0.309. The average Bonchev–Trinajstić information content (AvgIpc) is 1.96. The highest BCUT2D eigenvalue weighted by molar-refractivity contribution is 8.00. The summed E-state index contributed by atoms with van der Waals surface area (Å²) in [5.41, 5.74) is -4.32. The van der Waals surface area contributed by atoms with E-state index in [0.29, 0.717) is 12.5 Å². The van der Waals surface area contributed by atoms with E-state index in [4.69, 9.17) is 0 Å². The molecule has 1 heterocycles. The van der Waals surface area contributed by atoms with Crippen LogP contribution in [-0.4, -0.2) is 36.8 Å². The van der Waals surface area contributed by atoms with Crippen LogP contribution in [0.15, 0.2) is 0 Å². The van der Waals surface area contributed by atoms with Gasteiger partial charge in [-0.3, -0.25) is 4.79 Å². The van der Waals surface area contributed by atoms with Crippen LogP contribution in [0.2, 0.25) is 0 Å². The molecule has 0 aromatic carbocycles. The highest BCUT2D eigenvalue weighted by Gasteiger charge is 2.29. The molecule has 1 aliphatic rings. The molecule has 1 rings (SSSR count). The molecule has 1 saturated heterocycles. The van der Waals surface area contributed by atoms with Crippen LogP contribution in [0.5, 0.6) is 0 Å². The molecule has 82 valence electrons. The van der Waals surface area contributed by atoms with Gasteiger partial charge in [0.2, 0.25) is 5.91 Å². The predicted molar refractivity (Wildman–Crippen MR) is 47.9 cm³/mol. The molecule has 0 spiro atoms. The monoisotopic (exact) mass is 228 g/mol. The zero-order valence-corrected chi connectivity index (χ0v) is 8.17. The van der Waals surface area contributed by atoms with Gasteiger partial charge in [0, 0.05) is 25.6 Å². The largest absolute Gasteiger partial charge is 0.442 e. The summed E-state index contributed by atoms with van der Waals surface area (Å²) in [6.45, 7) is 2.11. The first-order valence-corrected chi connectivity index (χ1v) is 5.14. The molecule has 1 amide bonds. The third kappa shape index (κ3) is 4.71. The van der Waals surface area contributed by atoms with Gasteiger partial charge in [0.1, 0.15) is 0 Å². The van der Waals surface area contributed by atoms with Gasteiger partial charge in [0.15, 0.2) is 0 Å². The molecule has 0 aromatic rings. The van der Waals surface area contributed by atoms with Gasteiger partial charge in [-0.15, -0.1) is 0 Å². The number of hydrogen-bond donors (Lipinski definition) is 2. The van der Waals surface area contributed by atoms with Crippen LogP contribution >= 0.6 is 11.8 Å². The van der Waals surface area contributed by atoms with E-state index in [-0.39, 0.29) is 11.8 Å². The van der Waals surface area contributed by atoms with Crippen molar-refractivity contribution in [3.8, 4) is 0 Å². The normalized spacial score (nSPS) is 17.6. The van der Waals surface area contributed by atoms with Crippen molar-refractivity contribution >= 4 is 17.7 Å². The number of carbonyl (C=O) groups excluding carboxylic acids is 1. The smallest absolute Gasteiger partial charge is 0.355 e. The summed E-state index contributed by atoms with van der Waals surface area (Å²) in [7, 11) is 0. The minimum Gasteiger partial charge on any atom is -0.355 e. The van der Waals surface area contributed by atoms with Crippen LogP contribution in [0.3, 0.4) is 0 Å². The van der Waals surface area contributed by atoms with Crippen molar-refractivity contribution in [2.45, 2.75) is 5.51 Å². The molecule has 0 saturated carbocycles. The Hall–Kier alpha value is -0.430. The van der Waals surface area contributed by atoms with E-state index in [0.717, 1.165) is 13.1 Å². The highest BCUT2D eigenvalue weighted by Crippen LogP contribution is 2.29. The minimum atomic E-state index is -4.32. The first-order chi connectivity index (χ1) is 6.47. The van der Waals surface area contributed by atoms with E-state index >= 15 is 0 Å². The number of rotatable bonds is 4. The number of hydrogen-bond acceptors (Lipinski definition) is 3. The molecule has 0 bridgehead atoms. The molecular weight excluding hydrogens is 217 g/mol. The van der Waals surface area contributed by atoms with Crippen molar-refractivity contribution < 1.29 is 18.0 Å². The maximum Gasteiger partial charge on any atom is 0.442 e. The van der Waals surface area contributed by atoms with E-state index in [2.05, 4.69) is 10.6 Å². The number of carbonyl (C=O) groups is 1. The summed E-state index contributed by atoms with van der Waals surface area (Å²) in [6.07, 6.45) is 0. The lowest BCUT2D eigenvalue weighted by molar-refractivity contribution is -0.119. The number of halogens is 3. The van der Waals surface area contributed by atoms with Crippen molar-refractivity contribution in [2.75, 3.05) is 25.4 Å². The van der Waals surface area contributed by atoms with E-state index in [1.54, 1.807) is 0 Å². The van der Waals surface area contributed by atoms with Crippen LogP contribution in [0.4, 0.5) is 13.2 Å². The summed E-state index contributed by atoms with van der Waals surface area (Å²) < 4.78 is 35.0. The Kier molecular flexibility index (Phi) is 4.06. The fourth-order valence-corrected chi connectivity index (χ4v) is 1.35. The van der Waals surface area contributed by atoms with Crippen molar-refractivity contribution in [3.05, 3.63) is 0 Å². The molecule has 0 aromatic heterocycles. The quantitative estimate of drug-likeness (QED) is 0.739. The van der Waals surface area contributed by atoms with Gasteiger partial charge in [-0.1, -0.05) is 0 Å². The lowest BCUT2D eigenvalue weighted by Crippen LogP contribution is -2.48. The van der Waals surface area contributed by atoms with Gasteiger partial charge in [0.25, 0.3) is 0 Å². The van der Waals surface area contributed by atoms with Gasteiger partial charge in [-0.05, 0) is 11.8 Å². The summed E-state index contributed by atoms with van der Waals surface area (Å²) >= 11 is -0.309. The predicted octanol–water partition coefficient (Wildman–Crippen LogP) is 0.575.